The van der Waals surface area contributed by atoms with E-state index >= 15 is 0 Å². The molecule has 142 valence electrons. The first-order chi connectivity index (χ1) is 13.2. The highest BCUT2D eigenvalue weighted by Crippen LogP contribution is 2.47. The van der Waals surface area contributed by atoms with Gasteiger partial charge in [-0.05, 0) is 35.9 Å². The Labute approximate surface area is 156 Å². The van der Waals surface area contributed by atoms with Gasteiger partial charge in [-0.15, -0.1) is 0 Å². The number of methoxy groups -OCH3 is 3. The number of epoxide rings is 1. The minimum atomic E-state index is -0.560. The van der Waals surface area contributed by atoms with E-state index in [1.54, 1.807) is 51.7 Å². The van der Waals surface area contributed by atoms with E-state index in [2.05, 4.69) is 0 Å². The van der Waals surface area contributed by atoms with Crippen LogP contribution in [-0.4, -0.2) is 46.4 Å². The van der Waals surface area contributed by atoms with Gasteiger partial charge < -0.3 is 28.4 Å². The molecule has 27 heavy (non-hydrogen) atoms. The number of fused-ring (bicyclic) bond motifs is 1. The maximum atomic E-state index is 12.8. The van der Waals surface area contributed by atoms with Crippen molar-refractivity contribution in [2.75, 3.05) is 34.5 Å². The van der Waals surface area contributed by atoms with Gasteiger partial charge in [-0.1, -0.05) is 0 Å². The monoisotopic (exact) mass is 372 g/mol. The molecule has 0 unspecified atom stereocenters. The Hall–Kier alpha value is -2.93. The summed E-state index contributed by atoms with van der Waals surface area (Å²) >= 11 is 0. The van der Waals surface area contributed by atoms with Gasteiger partial charge >= 0.3 is 0 Å². The molecule has 2 aliphatic heterocycles. The Bertz CT molecular complexity index is 852. The number of hydrogen-bond acceptors (Lipinski definition) is 7. The number of ether oxygens (including phenoxy) is 6. The molecule has 2 heterocycles. The number of hydrogen-bond donors (Lipinski definition) is 0. The summed E-state index contributed by atoms with van der Waals surface area (Å²) in [5.41, 5.74) is 1.32. The summed E-state index contributed by atoms with van der Waals surface area (Å²) in [5.74, 6) is 2.67. The van der Waals surface area contributed by atoms with Crippen molar-refractivity contribution in [2.45, 2.75) is 12.2 Å². The lowest BCUT2D eigenvalue weighted by Gasteiger charge is -2.18. The number of rotatable bonds is 6. The van der Waals surface area contributed by atoms with E-state index in [4.69, 9.17) is 28.4 Å². The first kappa shape index (κ1) is 17.5. The van der Waals surface area contributed by atoms with Crippen LogP contribution >= 0.6 is 0 Å². The van der Waals surface area contributed by atoms with Crippen molar-refractivity contribution in [2.24, 2.45) is 0 Å². The van der Waals surface area contributed by atoms with Crippen LogP contribution < -0.4 is 23.7 Å². The van der Waals surface area contributed by atoms with Gasteiger partial charge in [-0.2, -0.15) is 0 Å². The van der Waals surface area contributed by atoms with E-state index in [0.717, 1.165) is 5.56 Å². The lowest BCUT2D eigenvalue weighted by atomic mass is 10.0. The molecule has 0 bridgehead atoms. The molecule has 7 heteroatoms. The number of ketones is 1. The van der Waals surface area contributed by atoms with Crippen LogP contribution in [-0.2, 0) is 4.74 Å². The highest BCUT2D eigenvalue weighted by atomic mass is 16.6. The Kier molecular flexibility index (Phi) is 4.53. The van der Waals surface area contributed by atoms with Gasteiger partial charge in [0.2, 0.25) is 5.75 Å². The standard InChI is InChI=1S/C20H20O7/c1-22-15-9-12(10-16(23-2)19(15)24-3)18-20(27-18)17(21)11-4-5-13-14(8-11)26-7-6-25-13/h4-5,8-10,18,20H,6-7H2,1-3H3/t18-,20-/m0/s1. The van der Waals surface area contributed by atoms with Crippen LogP contribution in [0.25, 0.3) is 0 Å². The quantitative estimate of drug-likeness (QED) is 0.570. The van der Waals surface area contributed by atoms with Crippen molar-refractivity contribution >= 4 is 5.78 Å². The normalized spacial score (nSPS) is 20.0. The first-order valence-corrected chi connectivity index (χ1v) is 8.55. The molecule has 0 N–H and O–H groups in total. The predicted molar refractivity (Wildman–Crippen MR) is 95.5 cm³/mol. The molecule has 0 saturated carbocycles. The second kappa shape index (κ2) is 7.00. The van der Waals surface area contributed by atoms with Gasteiger partial charge in [0.05, 0.1) is 21.3 Å². The molecule has 1 saturated heterocycles. The van der Waals surface area contributed by atoms with Crippen molar-refractivity contribution in [3.63, 3.8) is 0 Å². The topological polar surface area (TPSA) is 75.8 Å². The average molecular weight is 372 g/mol. The zero-order valence-corrected chi connectivity index (χ0v) is 15.3. The summed E-state index contributed by atoms with van der Waals surface area (Å²) in [6.07, 6.45) is -0.922. The molecule has 4 rings (SSSR count). The average Bonchev–Trinajstić information content (AvgIpc) is 3.52. The fourth-order valence-electron chi connectivity index (χ4n) is 3.19. The zero-order valence-electron chi connectivity index (χ0n) is 15.3. The van der Waals surface area contributed by atoms with Crippen LogP contribution in [0.1, 0.15) is 22.0 Å². The zero-order chi connectivity index (χ0) is 19.0. The molecule has 7 nitrogen and oxygen atoms in total. The van der Waals surface area contributed by atoms with E-state index in [0.29, 0.717) is 47.5 Å². The van der Waals surface area contributed by atoms with Crippen molar-refractivity contribution in [1.29, 1.82) is 0 Å². The lowest BCUT2D eigenvalue weighted by Crippen LogP contribution is -2.16. The van der Waals surface area contributed by atoms with Crippen LogP contribution in [0.5, 0.6) is 28.7 Å². The lowest BCUT2D eigenvalue weighted by molar-refractivity contribution is 0.0952. The van der Waals surface area contributed by atoms with E-state index in [9.17, 15) is 4.79 Å². The Morgan fingerprint density at radius 3 is 2.22 bits per heavy atom. The Morgan fingerprint density at radius 2 is 1.59 bits per heavy atom. The van der Waals surface area contributed by atoms with Gasteiger partial charge in [-0.3, -0.25) is 4.79 Å². The minimum Gasteiger partial charge on any atom is -0.493 e. The molecule has 0 amide bonds. The number of Topliss-reactive ketones (excluding diaryl/α,β-unsaturated/α-hetero) is 1. The first-order valence-electron chi connectivity index (χ1n) is 8.55. The SMILES string of the molecule is COc1cc([C@@H]2O[C@H]2C(=O)c2ccc3c(c2)OCCO3)cc(OC)c1OC. The summed E-state index contributed by atoms with van der Waals surface area (Å²) in [7, 11) is 4.64. The fourth-order valence-corrected chi connectivity index (χ4v) is 3.19. The summed E-state index contributed by atoms with van der Waals surface area (Å²) in [5, 5.41) is 0. The third-order valence-corrected chi connectivity index (χ3v) is 4.59. The van der Waals surface area contributed by atoms with E-state index in [1.807, 2.05) is 0 Å². The van der Waals surface area contributed by atoms with Crippen molar-refractivity contribution in [3.8, 4) is 28.7 Å². The summed E-state index contributed by atoms with van der Waals surface area (Å²) < 4.78 is 32.8. The fraction of sp³-hybridized carbons (Fsp3) is 0.350. The second-order valence-corrected chi connectivity index (χ2v) is 6.16. The molecule has 2 aromatic carbocycles. The maximum absolute atomic E-state index is 12.8. The van der Waals surface area contributed by atoms with Crippen molar-refractivity contribution in [1.82, 2.24) is 0 Å². The van der Waals surface area contributed by atoms with E-state index in [-0.39, 0.29) is 11.9 Å². The van der Waals surface area contributed by atoms with Crippen LogP contribution in [0.3, 0.4) is 0 Å². The Balaban J connectivity index is 1.56. The third kappa shape index (κ3) is 3.14. The third-order valence-electron chi connectivity index (χ3n) is 4.59. The van der Waals surface area contributed by atoms with Crippen LogP contribution in [0.4, 0.5) is 0 Å². The van der Waals surface area contributed by atoms with E-state index < -0.39 is 6.10 Å². The molecule has 2 atom stereocenters. The van der Waals surface area contributed by atoms with Crippen molar-refractivity contribution < 1.29 is 33.2 Å². The van der Waals surface area contributed by atoms with Crippen LogP contribution in [0, 0.1) is 0 Å². The molecular formula is C20H20O7. The van der Waals surface area contributed by atoms with Gasteiger partial charge in [0.15, 0.2) is 34.9 Å². The maximum Gasteiger partial charge on any atom is 0.203 e. The number of carbonyl (C=O) groups excluding carboxylic acids is 1. The van der Waals surface area contributed by atoms with Crippen LogP contribution in [0.2, 0.25) is 0 Å². The largest absolute Gasteiger partial charge is 0.493 e. The molecule has 0 radical (unpaired) electrons. The molecule has 0 aromatic heterocycles. The molecule has 0 aliphatic carbocycles. The summed E-state index contributed by atoms with van der Waals surface area (Å²) in [4.78, 5) is 12.8. The molecule has 0 spiro atoms. The van der Waals surface area contributed by atoms with Gasteiger partial charge in [-0.25, -0.2) is 0 Å². The smallest absolute Gasteiger partial charge is 0.203 e. The number of carbonyl (C=O) groups is 1. The molecule has 2 aromatic rings. The van der Waals surface area contributed by atoms with Crippen LogP contribution in [0.15, 0.2) is 30.3 Å². The predicted octanol–water partition coefficient (Wildman–Crippen LogP) is 2.81. The summed E-state index contributed by atoms with van der Waals surface area (Å²) in [6, 6.07) is 8.76. The minimum absolute atomic E-state index is 0.106. The van der Waals surface area contributed by atoms with Gasteiger partial charge in [0.25, 0.3) is 0 Å². The van der Waals surface area contributed by atoms with Gasteiger partial charge in [0, 0.05) is 5.56 Å². The molecule has 1 fully saturated rings. The highest BCUT2D eigenvalue weighted by Gasteiger charge is 2.47. The molecule has 2 aliphatic rings. The summed E-state index contributed by atoms with van der Waals surface area (Å²) in [6.45, 7) is 0.980. The molecular weight excluding hydrogens is 352 g/mol. The van der Waals surface area contributed by atoms with E-state index in [1.165, 1.54) is 0 Å². The Morgan fingerprint density at radius 1 is 0.926 bits per heavy atom. The highest BCUT2D eigenvalue weighted by molar-refractivity contribution is 6.02. The van der Waals surface area contributed by atoms with Crippen molar-refractivity contribution in [3.05, 3.63) is 41.5 Å². The second-order valence-electron chi connectivity index (χ2n) is 6.16. The van der Waals surface area contributed by atoms with Gasteiger partial charge in [0.1, 0.15) is 19.3 Å². The number of benzene rings is 2.